The SMILES string of the molecule is CC1C(N2c3ccccc3Sc3ccncc32)CCCCCCCCCCC(N2c3ccccc3Sc3ccncc32)C(C)[N+]1(C)C.[Br-]. The zero-order valence-electron chi connectivity index (χ0n) is 28.9. The molecule has 4 aromatic rings. The van der Waals surface area contributed by atoms with E-state index in [2.05, 4.69) is 121 Å². The van der Waals surface area contributed by atoms with Crippen LogP contribution >= 0.6 is 23.5 Å². The lowest BCUT2D eigenvalue weighted by Crippen LogP contribution is -3.00. The molecule has 7 rings (SSSR count). The summed E-state index contributed by atoms with van der Waals surface area (Å²) in [5.74, 6) is 0. The Morgan fingerprint density at radius 3 is 1.35 bits per heavy atom. The number of nitrogens with zero attached hydrogens (tertiary/aromatic N) is 5. The predicted molar refractivity (Wildman–Crippen MR) is 199 cm³/mol. The van der Waals surface area contributed by atoms with Crippen LogP contribution in [0.15, 0.2) is 105 Å². The number of benzene rings is 2. The van der Waals surface area contributed by atoms with E-state index in [0.29, 0.717) is 24.2 Å². The second-order valence-corrected chi connectivity index (χ2v) is 16.4. The summed E-state index contributed by atoms with van der Waals surface area (Å²) in [7, 11) is 5.02. The standard InChI is InChI=1S/C40H50N5S2.BrH/c1-29-31(43-33-19-13-15-21-37(33)46-39-23-25-41-27-35(39)43)17-11-9-7-5-6-8-10-12-18-32(30(2)45(29,3)4)44-34-20-14-16-22-38(34)47-40-24-26-42-28-36(40)44;/h13-16,19-32H,5-12,17-18H2,1-4H3;1H/q+1;/p-1. The zero-order chi connectivity index (χ0) is 32.4. The first-order chi connectivity index (χ1) is 22.9. The van der Waals surface area contributed by atoms with Crippen LogP contribution in [0.3, 0.4) is 0 Å². The highest BCUT2D eigenvalue weighted by molar-refractivity contribution is 8.00. The van der Waals surface area contributed by atoms with Gasteiger partial charge in [-0.15, -0.1) is 0 Å². The van der Waals surface area contributed by atoms with Crippen molar-refractivity contribution in [3.63, 3.8) is 0 Å². The predicted octanol–water partition coefficient (Wildman–Crippen LogP) is 7.89. The van der Waals surface area contributed by atoms with Gasteiger partial charge in [0.05, 0.1) is 61.3 Å². The number of fused-ring (bicyclic) bond motifs is 4. The van der Waals surface area contributed by atoms with E-state index >= 15 is 0 Å². The number of hydrogen-bond donors (Lipinski definition) is 0. The van der Waals surface area contributed by atoms with Crippen molar-refractivity contribution in [1.82, 2.24) is 9.97 Å². The molecule has 254 valence electrons. The Balaban J connectivity index is 0.00000401. The summed E-state index contributed by atoms with van der Waals surface area (Å²) in [4.78, 5) is 20.0. The van der Waals surface area contributed by atoms with Gasteiger partial charge in [0, 0.05) is 32.0 Å². The highest BCUT2D eigenvalue weighted by Gasteiger charge is 2.46. The Labute approximate surface area is 307 Å². The van der Waals surface area contributed by atoms with Crippen LogP contribution in [0.1, 0.15) is 78.1 Å². The van der Waals surface area contributed by atoms with Gasteiger partial charge in [-0.05, 0) is 63.1 Å². The molecule has 4 unspecified atom stereocenters. The molecule has 1 saturated heterocycles. The molecule has 0 radical (unpaired) electrons. The van der Waals surface area contributed by atoms with Crippen LogP contribution in [0.2, 0.25) is 0 Å². The number of rotatable bonds is 2. The lowest BCUT2D eigenvalue weighted by molar-refractivity contribution is -0.936. The van der Waals surface area contributed by atoms with E-state index in [0.717, 1.165) is 4.48 Å². The van der Waals surface area contributed by atoms with Crippen molar-refractivity contribution in [1.29, 1.82) is 0 Å². The third-order valence-electron chi connectivity index (χ3n) is 11.4. The molecule has 5 heterocycles. The van der Waals surface area contributed by atoms with Crippen molar-refractivity contribution in [2.45, 2.75) is 122 Å². The number of pyridine rings is 2. The minimum Gasteiger partial charge on any atom is -1.00 e. The molecule has 0 N–H and O–H groups in total. The summed E-state index contributed by atoms with van der Waals surface area (Å²) < 4.78 is 0.929. The van der Waals surface area contributed by atoms with Gasteiger partial charge in [-0.1, -0.05) is 99.2 Å². The quantitative estimate of drug-likeness (QED) is 0.194. The molecule has 3 aliphatic heterocycles. The molecular weight excluding hydrogens is 695 g/mol. The van der Waals surface area contributed by atoms with E-state index < -0.39 is 0 Å². The topological polar surface area (TPSA) is 32.3 Å². The highest BCUT2D eigenvalue weighted by atomic mass is 79.9. The van der Waals surface area contributed by atoms with E-state index in [1.165, 1.54) is 107 Å². The molecule has 1 fully saturated rings. The van der Waals surface area contributed by atoms with Gasteiger partial charge in [-0.2, -0.15) is 0 Å². The van der Waals surface area contributed by atoms with Gasteiger partial charge in [0.15, 0.2) is 0 Å². The van der Waals surface area contributed by atoms with Crippen LogP contribution in [0.5, 0.6) is 0 Å². The van der Waals surface area contributed by atoms with Gasteiger partial charge in [0.1, 0.15) is 12.1 Å². The number of para-hydroxylation sites is 2. The largest absolute Gasteiger partial charge is 1.00 e. The minimum atomic E-state index is 0. The van der Waals surface area contributed by atoms with Gasteiger partial charge < -0.3 is 31.3 Å². The highest BCUT2D eigenvalue weighted by Crippen LogP contribution is 2.52. The van der Waals surface area contributed by atoms with Crippen LogP contribution in [-0.2, 0) is 0 Å². The smallest absolute Gasteiger partial charge is 0.107 e. The molecule has 48 heavy (non-hydrogen) atoms. The number of likely N-dealkylation sites (N-methyl/N-ethyl adjacent to an activating group) is 1. The van der Waals surface area contributed by atoms with E-state index in [-0.39, 0.29) is 17.0 Å². The monoisotopic (exact) mass is 743 g/mol. The number of hydrogen-bond acceptors (Lipinski definition) is 6. The Hall–Kier alpha value is -2.52. The Kier molecular flexibility index (Phi) is 11.5. The van der Waals surface area contributed by atoms with Crippen molar-refractivity contribution in [3.05, 3.63) is 85.5 Å². The summed E-state index contributed by atoms with van der Waals surface area (Å²) in [5, 5.41) is 0. The normalized spacial score (nSPS) is 24.4. The van der Waals surface area contributed by atoms with Crippen LogP contribution in [-0.4, -0.2) is 52.7 Å². The lowest BCUT2D eigenvalue weighted by Gasteiger charge is -2.52. The summed E-state index contributed by atoms with van der Waals surface area (Å²) >= 11 is 3.77. The fraction of sp³-hybridized carbons (Fsp3) is 0.450. The van der Waals surface area contributed by atoms with Gasteiger partial charge in [-0.3, -0.25) is 9.97 Å². The molecule has 0 spiro atoms. The maximum atomic E-state index is 4.67. The number of halogens is 1. The summed E-state index contributed by atoms with van der Waals surface area (Å²) in [6.07, 6.45) is 21.0. The average Bonchev–Trinajstić information content (AvgIpc) is 3.10. The Morgan fingerprint density at radius 2 is 0.917 bits per heavy atom. The van der Waals surface area contributed by atoms with Crippen molar-refractivity contribution in [3.8, 4) is 0 Å². The van der Waals surface area contributed by atoms with E-state index in [1.807, 2.05) is 35.9 Å². The second kappa shape index (κ2) is 15.6. The molecule has 3 aliphatic rings. The fourth-order valence-corrected chi connectivity index (χ4v) is 10.3. The maximum absolute atomic E-state index is 4.67. The molecule has 0 bridgehead atoms. The van der Waals surface area contributed by atoms with Crippen molar-refractivity contribution >= 4 is 46.3 Å². The average molecular weight is 745 g/mol. The maximum Gasteiger partial charge on any atom is 0.107 e. The van der Waals surface area contributed by atoms with Crippen molar-refractivity contribution in [2.24, 2.45) is 0 Å². The van der Waals surface area contributed by atoms with Gasteiger partial charge in [0.25, 0.3) is 0 Å². The molecule has 0 amide bonds. The van der Waals surface area contributed by atoms with Gasteiger partial charge in [0.2, 0.25) is 0 Å². The first-order valence-electron chi connectivity index (χ1n) is 17.8. The van der Waals surface area contributed by atoms with Crippen LogP contribution < -0.4 is 26.8 Å². The minimum absolute atomic E-state index is 0. The molecule has 0 aliphatic carbocycles. The third-order valence-corrected chi connectivity index (χ3v) is 13.6. The molecule has 2 aromatic heterocycles. The second-order valence-electron chi connectivity index (χ2n) is 14.2. The zero-order valence-corrected chi connectivity index (χ0v) is 32.1. The molecule has 4 atom stereocenters. The van der Waals surface area contributed by atoms with Crippen LogP contribution in [0, 0.1) is 0 Å². The summed E-state index contributed by atoms with van der Waals surface area (Å²) in [5.41, 5.74) is 5.19. The van der Waals surface area contributed by atoms with E-state index in [9.17, 15) is 0 Å². The lowest BCUT2D eigenvalue weighted by atomic mass is 9.91. The molecule has 2 aromatic carbocycles. The third kappa shape index (κ3) is 6.92. The Bertz CT molecular complexity index is 1470. The summed E-state index contributed by atoms with van der Waals surface area (Å²) in [6, 6.07) is 23.9. The molecule has 0 saturated carbocycles. The fourth-order valence-electron chi connectivity index (χ4n) is 8.17. The van der Waals surface area contributed by atoms with Crippen molar-refractivity contribution in [2.75, 3.05) is 23.9 Å². The van der Waals surface area contributed by atoms with Gasteiger partial charge >= 0.3 is 0 Å². The number of aromatic nitrogens is 2. The molecule has 5 nitrogen and oxygen atoms in total. The summed E-state index contributed by atoms with van der Waals surface area (Å²) in [6.45, 7) is 5.07. The molecule has 8 heteroatoms. The first-order valence-corrected chi connectivity index (χ1v) is 19.4. The van der Waals surface area contributed by atoms with Crippen LogP contribution in [0.4, 0.5) is 22.7 Å². The first kappa shape index (κ1) is 35.3. The molecular formula is C40H50BrN5S2. The van der Waals surface area contributed by atoms with E-state index in [1.54, 1.807) is 0 Å². The van der Waals surface area contributed by atoms with E-state index in [4.69, 9.17) is 0 Å². The van der Waals surface area contributed by atoms with Crippen LogP contribution in [0.25, 0.3) is 0 Å². The number of quaternary nitrogens is 1. The van der Waals surface area contributed by atoms with Crippen molar-refractivity contribution < 1.29 is 21.5 Å². The van der Waals surface area contributed by atoms with Gasteiger partial charge in [-0.25, -0.2) is 0 Å². The Morgan fingerprint density at radius 1 is 0.542 bits per heavy atom. The number of anilines is 4.